The van der Waals surface area contributed by atoms with E-state index in [1.807, 2.05) is 12.1 Å². The van der Waals surface area contributed by atoms with E-state index in [4.69, 9.17) is 4.74 Å². The number of benzene rings is 1. The number of methoxy groups -OCH3 is 1. The van der Waals surface area contributed by atoms with Gasteiger partial charge < -0.3 is 10.1 Å². The van der Waals surface area contributed by atoms with E-state index >= 15 is 0 Å². The molecule has 0 saturated carbocycles. The van der Waals surface area contributed by atoms with Crippen LogP contribution in [0.1, 0.15) is 30.9 Å². The number of hydrogen-bond donors (Lipinski definition) is 1. The highest BCUT2D eigenvalue weighted by Crippen LogP contribution is 2.30. The first kappa shape index (κ1) is 13.4. The van der Waals surface area contributed by atoms with Gasteiger partial charge in [0, 0.05) is 12.3 Å². The molecular formula is C13H19NO3S. The second-order valence-electron chi connectivity index (χ2n) is 4.68. The Morgan fingerprint density at radius 2 is 2.11 bits per heavy atom. The van der Waals surface area contributed by atoms with Crippen molar-refractivity contribution >= 4 is 9.84 Å². The number of hydrogen-bond acceptors (Lipinski definition) is 4. The van der Waals surface area contributed by atoms with E-state index < -0.39 is 9.84 Å². The normalized spacial score (nSPS) is 20.7. The summed E-state index contributed by atoms with van der Waals surface area (Å²) in [7, 11) is -1.74. The lowest BCUT2D eigenvalue weighted by molar-refractivity contribution is 0.392. The van der Waals surface area contributed by atoms with Crippen LogP contribution < -0.4 is 10.1 Å². The summed E-state index contributed by atoms with van der Waals surface area (Å²) in [5.41, 5.74) is 1.10. The highest BCUT2D eigenvalue weighted by Gasteiger charge is 2.19. The number of nitrogens with one attached hydrogen (secondary N) is 1. The first-order chi connectivity index (χ1) is 8.52. The second kappa shape index (κ2) is 5.28. The fourth-order valence-corrected chi connectivity index (χ4v) is 3.17. The Hall–Kier alpha value is -1.07. The molecule has 0 aliphatic carbocycles. The SMILES string of the molecule is COc1cc(C2CCCCN2)ccc1S(C)(=O)=O. The molecule has 1 aromatic carbocycles. The minimum atomic E-state index is -3.24. The minimum Gasteiger partial charge on any atom is -0.495 e. The van der Waals surface area contributed by atoms with Crippen LogP contribution in [-0.2, 0) is 9.84 Å². The first-order valence-corrected chi connectivity index (χ1v) is 8.03. The predicted molar refractivity (Wildman–Crippen MR) is 70.7 cm³/mol. The Bertz CT molecular complexity index is 519. The smallest absolute Gasteiger partial charge is 0.179 e. The van der Waals surface area contributed by atoms with Crippen LogP contribution >= 0.6 is 0 Å². The Morgan fingerprint density at radius 1 is 1.33 bits per heavy atom. The average molecular weight is 269 g/mol. The number of sulfone groups is 1. The molecule has 2 rings (SSSR count). The molecule has 1 aliphatic heterocycles. The molecule has 1 atom stereocenters. The van der Waals surface area contributed by atoms with Crippen LogP contribution in [0.2, 0.25) is 0 Å². The molecule has 1 fully saturated rings. The summed E-state index contributed by atoms with van der Waals surface area (Å²) in [6.07, 6.45) is 4.69. The van der Waals surface area contributed by atoms with Crippen molar-refractivity contribution in [1.82, 2.24) is 5.32 Å². The van der Waals surface area contributed by atoms with Crippen molar-refractivity contribution in [2.75, 3.05) is 19.9 Å². The Kier molecular flexibility index (Phi) is 3.92. The minimum absolute atomic E-state index is 0.254. The highest BCUT2D eigenvalue weighted by atomic mass is 32.2. The topological polar surface area (TPSA) is 55.4 Å². The molecule has 1 N–H and O–H groups in total. The van der Waals surface area contributed by atoms with Crippen molar-refractivity contribution in [2.45, 2.75) is 30.2 Å². The molecule has 18 heavy (non-hydrogen) atoms. The summed E-state index contributed by atoms with van der Waals surface area (Å²) in [4.78, 5) is 0.254. The van der Waals surface area contributed by atoms with Gasteiger partial charge in [-0.25, -0.2) is 8.42 Å². The lowest BCUT2D eigenvalue weighted by atomic mass is 9.97. The van der Waals surface area contributed by atoms with Gasteiger partial charge in [-0.05, 0) is 37.1 Å². The van der Waals surface area contributed by atoms with Crippen molar-refractivity contribution in [3.63, 3.8) is 0 Å². The third kappa shape index (κ3) is 2.84. The molecule has 4 nitrogen and oxygen atoms in total. The predicted octanol–water partition coefficient (Wildman–Crippen LogP) is 1.91. The summed E-state index contributed by atoms with van der Waals surface area (Å²) < 4.78 is 28.4. The summed E-state index contributed by atoms with van der Waals surface area (Å²) in [5.74, 6) is 0.433. The summed E-state index contributed by atoms with van der Waals surface area (Å²) in [6.45, 7) is 1.01. The van der Waals surface area contributed by atoms with Gasteiger partial charge in [0.25, 0.3) is 0 Å². The lowest BCUT2D eigenvalue weighted by Crippen LogP contribution is -2.26. The zero-order chi connectivity index (χ0) is 13.2. The van der Waals surface area contributed by atoms with E-state index in [1.54, 1.807) is 6.07 Å². The maximum atomic E-state index is 11.6. The molecule has 5 heteroatoms. The van der Waals surface area contributed by atoms with Gasteiger partial charge in [0.05, 0.1) is 7.11 Å². The lowest BCUT2D eigenvalue weighted by Gasteiger charge is -2.24. The van der Waals surface area contributed by atoms with E-state index in [2.05, 4.69) is 5.32 Å². The van der Waals surface area contributed by atoms with Crippen LogP contribution in [0.3, 0.4) is 0 Å². The monoisotopic (exact) mass is 269 g/mol. The van der Waals surface area contributed by atoms with Gasteiger partial charge >= 0.3 is 0 Å². The van der Waals surface area contributed by atoms with Gasteiger partial charge in [0.1, 0.15) is 10.6 Å². The zero-order valence-corrected chi connectivity index (χ0v) is 11.6. The number of rotatable bonds is 3. The fraction of sp³-hybridized carbons (Fsp3) is 0.538. The van der Waals surface area contributed by atoms with Crippen LogP contribution in [0, 0.1) is 0 Å². The molecule has 100 valence electrons. The van der Waals surface area contributed by atoms with Crippen LogP contribution in [0.25, 0.3) is 0 Å². The largest absolute Gasteiger partial charge is 0.495 e. The molecule has 1 unspecified atom stereocenters. The fourth-order valence-electron chi connectivity index (χ4n) is 2.34. The van der Waals surface area contributed by atoms with Crippen molar-refractivity contribution in [1.29, 1.82) is 0 Å². The molecule has 1 heterocycles. The van der Waals surface area contributed by atoms with Crippen LogP contribution in [0.15, 0.2) is 23.1 Å². The average Bonchev–Trinajstić information content (AvgIpc) is 2.38. The van der Waals surface area contributed by atoms with Gasteiger partial charge in [-0.3, -0.25) is 0 Å². The molecule has 0 spiro atoms. The van der Waals surface area contributed by atoms with Gasteiger partial charge in [0.15, 0.2) is 9.84 Å². The molecule has 0 amide bonds. The van der Waals surface area contributed by atoms with E-state index in [0.29, 0.717) is 11.8 Å². The van der Waals surface area contributed by atoms with E-state index in [0.717, 1.165) is 18.5 Å². The summed E-state index contributed by atoms with van der Waals surface area (Å²) in [5, 5.41) is 3.44. The zero-order valence-electron chi connectivity index (χ0n) is 10.8. The van der Waals surface area contributed by atoms with Crippen LogP contribution in [0.5, 0.6) is 5.75 Å². The highest BCUT2D eigenvalue weighted by molar-refractivity contribution is 7.90. The number of piperidine rings is 1. The summed E-state index contributed by atoms with van der Waals surface area (Å²) >= 11 is 0. The van der Waals surface area contributed by atoms with E-state index in [1.165, 1.54) is 26.2 Å². The number of ether oxygens (including phenoxy) is 1. The molecule has 1 aromatic rings. The molecular weight excluding hydrogens is 250 g/mol. The van der Waals surface area contributed by atoms with Gasteiger partial charge in [-0.2, -0.15) is 0 Å². The Balaban J connectivity index is 2.35. The van der Waals surface area contributed by atoms with Crippen LogP contribution in [-0.4, -0.2) is 28.3 Å². The van der Waals surface area contributed by atoms with E-state index in [-0.39, 0.29) is 4.90 Å². The molecule has 0 aromatic heterocycles. The second-order valence-corrected chi connectivity index (χ2v) is 6.67. The summed E-state index contributed by atoms with van der Waals surface area (Å²) in [6, 6.07) is 5.65. The van der Waals surface area contributed by atoms with Crippen molar-refractivity contribution < 1.29 is 13.2 Å². The van der Waals surface area contributed by atoms with Gasteiger partial charge in [-0.1, -0.05) is 12.5 Å². The third-order valence-corrected chi connectivity index (χ3v) is 4.44. The molecule has 0 bridgehead atoms. The van der Waals surface area contributed by atoms with E-state index in [9.17, 15) is 8.42 Å². The Labute approximate surface area is 108 Å². The van der Waals surface area contributed by atoms with Crippen molar-refractivity contribution in [3.05, 3.63) is 23.8 Å². The first-order valence-electron chi connectivity index (χ1n) is 6.14. The Morgan fingerprint density at radius 3 is 2.67 bits per heavy atom. The molecule has 1 saturated heterocycles. The maximum Gasteiger partial charge on any atom is 0.179 e. The quantitative estimate of drug-likeness (QED) is 0.910. The van der Waals surface area contributed by atoms with Crippen molar-refractivity contribution in [3.8, 4) is 5.75 Å². The van der Waals surface area contributed by atoms with Crippen molar-refractivity contribution in [2.24, 2.45) is 0 Å². The maximum absolute atomic E-state index is 11.6. The van der Waals surface area contributed by atoms with Gasteiger partial charge in [-0.15, -0.1) is 0 Å². The standard InChI is InChI=1S/C13H19NO3S/c1-17-12-9-10(11-5-3-4-8-14-11)6-7-13(12)18(2,15)16/h6-7,9,11,14H,3-5,8H2,1-2H3. The third-order valence-electron chi connectivity index (χ3n) is 3.30. The molecule has 1 aliphatic rings. The molecule has 0 radical (unpaired) electrons. The van der Waals surface area contributed by atoms with Gasteiger partial charge in [0.2, 0.25) is 0 Å². The van der Waals surface area contributed by atoms with Crippen LogP contribution in [0.4, 0.5) is 0 Å².